The van der Waals surface area contributed by atoms with Crippen LogP contribution in [0.4, 0.5) is 0 Å². The average molecular weight is 420 g/mol. The van der Waals surface area contributed by atoms with Crippen LogP contribution in [0.25, 0.3) is 0 Å². The van der Waals surface area contributed by atoms with Crippen LogP contribution < -0.4 is 10.6 Å². The molecule has 0 spiro atoms. The zero-order chi connectivity index (χ0) is 14.4. The number of hydrogen-bond donors (Lipinski definition) is 2. The van der Waals surface area contributed by atoms with Crippen LogP contribution in [0.5, 0.6) is 0 Å². The lowest BCUT2D eigenvalue weighted by molar-refractivity contribution is 0.684. The highest BCUT2D eigenvalue weighted by atomic mass is 127. The summed E-state index contributed by atoms with van der Waals surface area (Å²) < 4.78 is 1.83. The minimum Gasteiger partial charge on any atom is -0.352 e. The third kappa shape index (κ3) is 5.55. The van der Waals surface area contributed by atoms with Gasteiger partial charge in [-0.1, -0.05) is 23.7 Å². The van der Waals surface area contributed by atoms with Gasteiger partial charge < -0.3 is 10.6 Å². The molecule has 0 fully saturated rings. The highest BCUT2D eigenvalue weighted by Gasteiger charge is 2.01. The van der Waals surface area contributed by atoms with E-state index in [9.17, 15) is 0 Å². The molecule has 0 aliphatic carbocycles. The maximum absolute atomic E-state index is 5.96. The van der Waals surface area contributed by atoms with Crippen LogP contribution in [0.15, 0.2) is 41.5 Å². The van der Waals surface area contributed by atoms with Gasteiger partial charge in [0.05, 0.1) is 12.2 Å². The highest BCUT2D eigenvalue weighted by molar-refractivity contribution is 14.0. The molecule has 7 heteroatoms. The Morgan fingerprint density at radius 2 is 2.05 bits per heavy atom. The molecule has 0 aliphatic heterocycles. The summed E-state index contributed by atoms with van der Waals surface area (Å²) in [5.74, 6) is 0.742. The van der Waals surface area contributed by atoms with E-state index in [-0.39, 0.29) is 24.0 Å². The first-order chi connectivity index (χ1) is 9.69. The monoisotopic (exact) mass is 419 g/mol. The summed E-state index contributed by atoms with van der Waals surface area (Å²) in [5.41, 5.74) is 2.21. The fraction of sp³-hybridized carbons (Fsp3) is 0.286. The molecule has 2 N–H and O–H groups in total. The van der Waals surface area contributed by atoms with E-state index < -0.39 is 0 Å². The quantitative estimate of drug-likeness (QED) is 0.455. The molecule has 0 unspecified atom stereocenters. The SMILES string of the molecule is CN=C(NCc1cccc(Cl)c1)NCc1ccnn1C.I. The Labute approximate surface area is 146 Å². The fourth-order valence-electron chi connectivity index (χ4n) is 1.80. The molecular weight excluding hydrogens is 401 g/mol. The maximum Gasteiger partial charge on any atom is 0.191 e. The lowest BCUT2D eigenvalue weighted by Crippen LogP contribution is -2.36. The molecular formula is C14H19ClIN5. The van der Waals surface area contributed by atoms with Crippen molar-refractivity contribution in [3.8, 4) is 0 Å². The summed E-state index contributed by atoms with van der Waals surface area (Å²) in [7, 11) is 3.66. The normalized spacial score (nSPS) is 10.9. The molecule has 0 amide bonds. The van der Waals surface area contributed by atoms with Gasteiger partial charge in [0, 0.05) is 31.9 Å². The molecule has 0 saturated heterocycles. The van der Waals surface area contributed by atoms with E-state index in [0.717, 1.165) is 22.2 Å². The number of nitrogens with one attached hydrogen (secondary N) is 2. The third-order valence-electron chi connectivity index (χ3n) is 2.93. The van der Waals surface area contributed by atoms with Gasteiger partial charge in [-0.25, -0.2) is 0 Å². The molecule has 2 rings (SSSR count). The Balaban J connectivity index is 0.00000220. The molecule has 1 aromatic carbocycles. The first-order valence-electron chi connectivity index (χ1n) is 6.35. The second kappa shape index (κ2) is 8.89. The van der Waals surface area contributed by atoms with Crippen LogP contribution in [0.2, 0.25) is 5.02 Å². The number of rotatable bonds is 4. The second-order valence-corrected chi connectivity index (χ2v) is 4.79. The van der Waals surface area contributed by atoms with Crippen LogP contribution in [0.1, 0.15) is 11.3 Å². The van der Waals surface area contributed by atoms with E-state index in [1.165, 1.54) is 0 Å². The predicted octanol–water partition coefficient (Wildman–Crippen LogP) is 2.56. The Morgan fingerprint density at radius 3 is 2.67 bits per heavy atom. The van der Waals surface area contributed by atoms with Crippen molar-refractivity contribution in [2.45, 2.75) is 13.1 Å². The molecule has 0 aliphatic rings. The molecule has 0 radical (unpaired) electrons. The smallest absolute Gasteiger partial charge is 0.191 e. The lowest BCUT2D eigenvalue weighted by atomic mass is 10.2. The summed E-state index contributed by atoms with van der Waals surface area (Å²) in [4.78, 5) is 4.19. The van der Waals surface area contributed by atoms with Gasteiger partial charge in [-0.3, -0.25) is 9.67 Å². The molecule has 0 saturated carbocycles. The number of benzene rings is 1. The van der Waals surface area contributed by atoms with E-state index in [1.54, 1.807) is 13.2 Å². The zero-order valence-corrected chi connectivity index (χ0v) is 15.1. The number of nitrogens with zero attached hydrogens (tertiary/aromatic N) is 3. The molecule has 0 atom stereocenters. The number of guanidine groups is 1. The van der Waals surface area contributed by atoms with E-state index in [1.807, 2.05) is 42.1 Å². The van der Waals surface area contributed by atoms with Gasteiger partial charge in [-0.05, 0) is 23.8 Å². The number of aliphatic imine (C=N–C) groups is 1. The summed E-state index contributed by atoms with van der Waals surface area (Å²) in [6, 6.07) is 9.72. The number of aromatic nitrogens is 2. The standard InChI is InChI=1S/C14H18ClN5.HI/c1-16-14(18-10-13-6-7-19-20(13)2)17-9-11-4-3-5-12(15)8-11;/h3-8H,9-10H2,1-2H3,(H2,16,17,18);1H. The van der Waals surface area contributed by atoms with Gasteiger partial charge in [0.25, 0.3) is 0 Å². The molecule has 114 valence electrons. The summed E-state index contributed by atoms with van der Waals surface area (Å²) >= 11 is 5.96. The van der Waals surface area contributed by atoms with Gasteiger partial charge in [0.1, 0.15) is 0 Å². The van der Waals surface area contributed by atoms with Crippen molar-refractivity contribution < 1.29 is 0 Å². The first kappa shape index (κ1) is 17.8. The number of aryl methyl sites for hydroxylation is 1. The molecule has 1 heterocycles. The lowest BCUT2D eigenvalue weighted by Gasteiger charge is -2.12. The van der Waals surface area contributed by atoms with Crippen LogP contribution in [0.3, 0.4) is 0 Å². The van der Waals surface area contributed by atoms with Crippen LogP contribution in [0, 0.1) is 0 Å². The summed E-state index contributed by atoms with van der Waals surface area (Å²) in [5, 5.41) is 11.4. The van der Waals surface area contributed by atoms with E-state index in [2.05, 4.69) is 20.7 Å². The van der Waals surface area contributed by atoms with Crippen molar-refractivity contribution in [1.29, 1.82) is 0 Å². The molecule has 1 aromatic heterocycles. The summed E-state index contributed by atoms with van der Waals surface area (Å²) in [6.45, 7) is 1.34. The number of hydrogen-bond acceptors (Lipinski definition) is 2. The van der Waals surface area contributed by atoms with E-state index in [0.29, 0.717) is 13.1 Å². The van der Waals surface area contributed by atoms with Crippen LogP contribution >= 0.6 is 35.6 Å². The van der Waals surface area contributed by atoms with Gasteiger partial charge in [0.15, 0.2) is 5.96 Å². The van der Waals surface area contributed by atoms with E-state index in [4.69, 9.17) is 11.6 Å². The average Bonchev–Trinajstić information content (AvgIpc) is 2.85. The van der Waals surface area contributed by atoms with Crippen LogP contribution in [-0.2, 0) is 20.1 Å². The maximum atomic E-state index is 5.96. The number of halogens is 2. The molecule has 21 heavy (non-hydrogen) atoms. The van der Waals surface area contributed by atoms with Crippen molar-refractivity contribution in [2.24, 2.45) is 12.0 Å². The van der Waals surface area contributed by atoms with Crippen molar-refractivity contribution in [1.82, 2.24) is 20.4 Å². The predicted molar refractivity (Wildman–Crippen MR) is 97.1 cm³/mol. The highest BCUT2D eigenvalue weighted by Crippen LogP contribution is 2.10. The Kier molecular flexibility index (Phi) is 7.52. The van der Waals surface area contributed by atoms with Crippen LogP contribution in [-0.4, -0.2) is 22.8 Å². The van der Waals surface area contributed by atoms with Crippen molar-refractivity contribution >= 4 is 41.5 Å². The third-order valence-corrected chi connectivity index (χ3v) is 3.17. The largest absolute Gasteiger partial charge is 0.352 e. The van der Waals surface area contributed by atoms with Gasteiger partial charge in [-0.15, -0.1) is 24.0 Å². The van der Waals surface area contributed by atoms with E-state index >= 15 is 0 Å². The molecule has 0 bridgehead atoms. The second-order valence-electron chi connectivity index (χ2n) is 4.36. The van der Waals surface area contributed by atoms with Crippen molar-refractivity contribution in [3.63, 3.8) is 0 Å². The molecule has 2 aromatic rings. The fourth-order valence-corrected chi connectivity index (χ4v) is 2.02. The van der Waals surface area contributed by atoms with Gasteiger partial charge >= 0.3 is 0 Å². The Bertz CT molecular complexity index is 597. The Morgan fingerprint density at radius 1 is 1.29 bits per heavy atom. The van der Waals surface area contributed by atoms with Gasteiger partial charge in [0.2, 0.25) is 0 Å². The van der Waals surface area contributed by atoms with Crippen molar-refractivity contribution in [3.05, 3.63) is 52.8 Å². The zero-order valence-electron chi connectivity index (χ0n) is 12.0. The van der Waals surface area contributed by atoms with Gasteiger partial charge in [-0.2, -0.15) is 5.10 Å². The topological polar surface area (TPSA) is 54.2 Å². The molecule has 5 nitrogen and oxygen atoms in total. The minimum atomic E-state index is 0. The van der Waals surface area contributed by atoms with Crippen molar-refractivity contribution in [2.75, 3.05) is 7.05 Å². The summed E-state index contributed by atoms with van der Waals surface area (Å²) in [6.07, 6.45) is 1.78. The first-order valence-corrected chi connectivity index (χ1v) is 6.72. The minimum absolute atomic E-state index is 0. The Hall–Kier alpha value is -1.28.